The Morgan fingerprint density at radius 2 is 1.05 bits per heavy atom. The van der Waals surface area contributed by atoms with Gasteiger partial charge >= 0.3 is 5.97 Å². The average molecular weight is 306 g/mol. The van der Waals surface area contributed by atoms with Crippen molar-refractivity contribution in [3.05, 3.63) is 36.5 Å². The number of rotatable bonds is 15. The molecule has 0 aromatic heterocycles. The predicted octanol–water partition coefficient (Wildman–Crippen LogP) is 6.44. The number of carbonyl (C=O) groups is 1. The molecule has 0 radical (unpaired) electrons. The molecule has 0 aliphatic carbocycles. The van der Waals surface area contributed by atoms with E-state index < -0.39 is 5.97 Å². The molecule has 0 fully saturated rings. The number of carboxylic acids is 1. The quantitative estimate of drug-likeness (QED) is 0.215. The highest BCUT2D eigenvalue weighted by molar-refractivity contribution is 5.79. The van der Waals surface area contributed by atoms with Gasteiger partial charge in [0.05, 0.1) is 0 Å². The zero-order valence-corrected chi connectivity index (χ0v) is 14.3. The molecule has 0 unspecified atom stereocenters. The lowest BCUT2D eigenvalue weighted by atomic mass is 10.1. The van der Waals surface area contributed by atoms with Crippen molar-refractivity contribution in [2.45, 2.75) is 84.0 Å². The summed E-state index contributed by atoms with van der Waals surface area (Å²) >= 11 is 0. The van der Waals surface area contributed by atoms with Crippen molar-refractivity contribution in [1.82, 2.24) is 0 Å². The van der Waals surface area contributed by atoms with E-state index in [2.05, 4.69) is 31.2 Å². The van der Waals surface area contributed by atoms with E-state index in [-0.39, 0.29) is 0 Å². The number of hydrogen-bond acceptors (Lipinski definition) is 1. The molecule has 0 amide bonds. The smallest absolute Gasteiger partial charge is 0.327 e. The standard InChI is InChI=1S/C20H34O2/c1-2-3-4-5-6-7-8-9-10-11-12-13-14-15-16-17-18-19-20(21)22/h6-7,12-13,18-19H,2-5,8-11,14-17H2,1H3,(H,21,22). The number of aliphatic carboxylic acids is 1. The molecular formula is C20H34O2. The van der Waals surface area contributed by atoms with Crippen LogP contribution >= 0.6 is 0 Å². The van der Waals surface area contributed by atoms with Gasteiger partial charge in [-0.2, -0.15) is 0 Å². The Morgan fingerprint density at radius 3 is 1.41 bits per heavy atom. The lowest BCUT2D eigenvalue weighted by molar-refractivity contribution is -0.131. The minimum atomic E-state index is -0.851. The van der Waals surface area contributed by atoms with E-state index in [0.29, 0.717) is 0 Å². The Hall–Kier alpha value is -1.31. The predicted molar refractivity (Wildman–Crippen MR) is 96.1 cm³/mol. The zero-order chi connectivity index (χ0) is 16.3. The van der Waals surface area contributed by atoms with Gasteiger partial charge in [0.1, 0.15) is 0 Å². The zero-order valence-electron chi connectivity index (χ0n) is 14.3. The van der Waals surface area contributed by atoms with E-state index in [1.165, 1.54) is 57.4 Å². The van der Waals surface area contributed by atoms with Crippen molar-refractivity contribution < 1.29 is 9.90 Å². The van der Waals surface area contributed by atoms with Gasteiger partial charge in [0.2, 0.25) is 0 Å². The molecule has 1 N–H and O–H groups in total. The Balaban J connectivity index is 3.22. The molecule has 2 heteroatoms. The van der Waals surface area contributed by atoms with Crippen molar-refractivity contribution >= 4 is 5.97 Å². The van der Waals surface area contributed by atoms with Crippen LogP contribution in [0.1, 0.15) is 84.0 Å². The van der Waals surface area contributed by atoms with Crippen molar-refractivity contribution in [3.8, 4) is 0 Å². The third-order valence-electron chi connectivity index (χ3n) is 3.55. The van der Waals surface area contributed by atoms with Gasteiger partial charge in [0.25, 0.3) is 0 Å². The van der Waals surface area contributed by atoms with Crippen LogP contribution < -0.4 is 0 Å². The van der Waals surface area contributed by atoms with Crippen molar-refractivity contribution in [3.63, 3.8) is 0 Å². The van der Waals surface area contributed by atoms with Crippen LogP contribution in [-0.4, -0.2) is 11.1 Å². The summed E-state index contributed by atoms with van der Waals surface area (Å²) in [4.78, 5) is 10.3. The summed E-state index contributed by atoms with van der Waals surface area (Å²) in [5.41, 5.74) is 0. The molecule has 2 nitrogen and oxygen atoms in total. The fourth-order valence-electron chi connectivity index (χ4n) is 2.22. The monoisotopic (exact) mass is 306 g/mol. The average Bonchev–Trinajstić information content (AvgIpc) is 2.50. The van der Waals surface area contributed by atoms with Crippen LogP contribution in [0.3, 0.4) is 0 Å². The minimum absolute atomic E-state index is 0.851. The molecule has 0 aliphatic rings. The normalized spacial score (nSPS) is 12.0. The van der Waals surface area contributed by atoms with E-state index in [0.717, 1.165) is 25.7 Å². The maximum Gasteiger partial charge on any atom is 0.327 e. The van der Waals surface area contributed by atoms with Crippen LogP contribution in [0.25, 0.3) is 0 Å². The molecule has 0 spiro atoms. The first-order valence-corrected chi connectivity index (χ1v) is 8.96. The molecule has 0 aromatic rings. The third-order valence-corrected chi connectivity index (χ3v) is 3.55. The van der Waals surface area contributed by atoms with Crippen LogP contribution in [-0.2, 0) is 4.79 Å². The van der Waals surface area contributed by atoms with Gasteiger partial charge in [-0.05, 0) is 64.2 Å². The number of unbranched alkanes of at least 4 members (excludes halogenated alkanes) is 9. The lowest BCUT2D eigenvalue weighted by Gasteiger charge is -1.95. The molecule has 0 heterocycles. The summed E-state index contributed by atoms with van der Waals surface area (Å²) in [6.45, 7) is 2.24. The Labute approximate surface area is 137 Å². The summed E-state index contributed by atoms with van der Waals surface area (Å²) in [5.74, 6) is -0.851. The minimum Gasteiger partial charge on any atom is -0.478 e. The van der Waals surface area contributed by atoms with Gasteiger partial charge in [0, 0.05) is 6.08 Å². The van der Waals surface area contributed by atoms with Crippen molar-refractivity contribution in [1.29, 1.82) is 0 Å². The van der Waals surface area contributed by atoms with Gasteiger partial charge < -0.3 is 5.11 Å². The summed E-state index contributed by atoms with van der Waals surface area (Å²) in [6, 6.07) is 0. The first-order valence-electron chi connectivity index (χ1n) is 8.96. The molecule has 0 bridgehead atoms. The maximum atomic E-state index is 10.3. The highest BCUT2D eigenvalue weighted by Crippen LogP contribution is 2.06. The topological polar surface area (TPSA) is 37.3 Å². The first-order chi connectivity index (χ1) is 10.8. The van der Waals surface area contributed by atoms with E-state index in [1.807, 2.05) is 0 Å². The third kappa shape index (κ3) is 18.7. The molecule has 0 saturated heterocycles. The van der Waals surface area contributed by atoms with Crippen LogP contribution in [0.4, 0.5) is 0 Å². The van der Waals surface area contributed by atoms with Gasteiger partial charge in [-0.1, -0.05) is 50.1 Å². The van der Waals surface area contributed by atoms with Crippen LogP contribution in [0, 0.1) is 0 Å². The fourth-order valence-corrected chi connectivity index (χ4v) is 2.22. The Kier molecular flexibility index (Phi) is 16.7. The Morgan fingerprint density at radius 1 is 0.682 bits per heavy atom. The second kappa shape index (κ2) is 17.7. The van der Waals surface area contributed by atoms with E-state index in [1.54, 1.807) is 6.08 Å². The highest BCUT2D eigenvalue weighted by atomic mass is 16.4. The Bertz CT molecular complexity index is 327. The van der Waals surface area contributed by atoms with Gasteiger partial charge in [-0.3, -0.25) is 0 Å². The molecular weight excluding hydrogens is 272 g/mol. The molecule has 0 aromatic carbocycles. The summed E-state index contributed by atoms with van der Waals surface area (Å²) < 4.78 is 0. The molecule has 0 saturated carbocycles. The second-order valence-corrected chi connectivity index (χ2v) is 5.75. The maximum absolute atomic E-state index is 10.3. The largest absolute Gasteiger partial charge is 0.478 e. The van der Waals surface area contributed by atoms with Crippen LogP contribution in [0.15, 0.2) is 36.5 Å². The second-order valence-electron chi connectivity index (χ2n) is 5.75. The summed E-state index contributed by atoms with van der Waals surface area (Å²) in [7, 11) is 0. The molecule has 0 aliphatic heterocycles. The summed E-state index contributed by atoms with van der Waals surface area (Å²) in [5, 5.41) is 8.44. The SMILES string of the molecule is CCCCCC=CCCCCC=CCCCCC=CC(=O)O. The van der Waals surface area contributed by atoms with Crippen molar-refractivity contribution in [2.75, 3.05) is 0 Å². The van der Waals surface area contributed by atoms with E-state index in [9.17, 15) is 4.79 Å². The fraction of sp³-hybridized carbons (Fsp3) is 0.650. The number of carboxylic acid groups (broad SMARTS) is 1. The number of hydrogen-bond donors (Lipinski definition) is 1. The summed E-state index contributed by atoms with van der Waals surface area (Å²) in [6.07, 6.45) is 26.6. The van der Waals surface area contributed by atoms with Gasteiger partial charge in [0.15, 0.2) is 0 Å². The van der Waals surface area contributed by atoms with Gasteiger partial charge in [-0.25, -0.2) is 4.79 Å². The molecule has 0 atom stereocenters. The highest BCUT2D eigenvalue weighted by Gasteiger charge is 1.88. The van der Waals surface area contributed by atoms with Crippen LogP contribution in [0.5, 0.6) is 0 Å². The van der Waals surface area contributed by atoms with E-state index in [4.69, 9.17) is 5.11 Å². The van der Waals surface area contributed by atoms with Crippen molar-refractivity contribution in [2.24, 2.45) is 0 Å². The molecule has 22 heavy (non-hydrogen) atoms. The first kappa shape index (κ1) is 20.7. The number of allylic oxidation sites excluding steroid dienone is 5. The van der Waals surface area contributed by atoms with Crippen LogP contribution in [0.2, 0.25) is 0 Å². The molecule has 126 valence electrons. The lowest BCUT2D eigenvalue weighted by Crippen LogP contribution is -1.85. The van der Waals surface area contributed by atoms with Gasteiger partial charge in [-0.15, -0.1) is 0 Å². The van der Waals surface area contributed by atoms with E-state index >= 15 is 0 Å². The molecule has 0 rings (SSSR count).